The van der Waals surface area contributed by atoms with Crippen LogP contribution in [0.4, 0.5) is 0 Å². The van der Waals surface area contributed by atoms with E-state index in [0.29, 0.717) is 0 Å². The lowest BCUT2D eigenvalue weighted by Crippen LogP contribution is -2.49. The van der Waals surface area contributed by atoms with E-state index < -0.39 is 22.8 Å². The molecule has 0 aliphatic carbocycles. The van der Waals surface area contributed by atoms with Crippen LogP contribution in [0.3, 0.4) is 0 Å². The predicted molar refractivity (Wildman–Crippen MR) is 99.9 cm³/mol. The molecule has 1 aliphatic heterocycles. The van der Waals surface area contributed by atoms with E-state index >= 15 is 0 Å². The van der Waals surface area contributed by atoms with Crippen molar-refractivity contribution >= 4 is 22.8 Å². The molecule has 0 spiro atoms. The summed E-state index contributed by atoms with van der Waals surface area (Å²) >= 11 is 0. The molecule has 12 heteroatoms. The van der Waals surface area contributed by atoms with Gasteiger partial charge in [0, 0.05) is 39.4 Å². The molecule has 9 nitrogen and oxygen atoms in total. The number of rotatable bonds is 4. The van der Waals surface area contributed by atoms with Crippen LogP contribution in [0.5, 0.6) is 0 Å². The highest BCUT2D eigenvalue weighted by Gasteiger charge is 2.56. The van der Waals surface area contributed by atoms with Gasteiger partial charge in [-0.05, 0) is 41.5 Å². The van der Waals surface area contributed by atoms with Gasteiger partial charge in [-0.15, -0.1) is 4.44 Å². The van der Waals surface area contributed by atoms with Crippen LogP contribution in [-0.4, -0.2) is 48.3 Å². The lowest BCUT2D eigenvalue weighted by Gasteiger charge is -2.49. The molecular formula is C12H32N5O4P3. The van der Waals surface area contributed by atoms with Gasteiger partial charge in [-0.3, -0.25) is 14.7 Å². The monoisotopic (exact) mass is 403 g/mol. The minimum absolute atomic E-state index is 0.378. The predicted octanol–water partition coefficient (Wildman–Crippen LogP) is 4.10. The summed E-state index contributed by atoms with van der Waals surface area (Å²) < 4.78 is 44.5. The summed E-state index contributed by atoms with van der Waals surface area (Å²) in [5, 5.41) is 6.81. The smallest absolute Gasteiger partial charge is 0.309 e. The van der Waals surface area contributed by atoms with Crippen molar-refractivity contribution in [2.75, 3.05) is 28.3 Å². The van der Waals surface area contributed by atoms with Gasteiger partial charge in [0.1, 0.15) is 0 Å². The van der Waals surface area contributed by atoms with Crippen LogP contribution >= 0.6 is 22.8 Å². The van der Waals surface area contributed by atoms with Gasteiger partial charge in [-0.25, -0.2) is 4.57 Å². The fraction of sp³-hybridized carbons (Fsp3) is 1.00. The van der Waals surface area contributed by atoms with Crippen molar-refractivity contribution in [1.29, 1.82) is 0 Å². The van der Waals surface area contributed by atoms with E-state index in [-0.39, 0.29) is 11.1 Å². The molecule has 0 bridgehead atoms. The molecular weight excluding hydrogens is 371 g/mol. The highest BCUT2D eigenvalue weighted by atomic mass is 31.3. The van der Waals surface area contributed by atoms with Gasteiger partial charge in [-0.2, -0.15) is 8.96 Å². The third kappa shape index (κ3) is 4.40. The average molecular weight is 403 g/mol. The van der Waals surface area contributed by atoms with Gasteiger partial charge >= 0.3 is 15.3 Å². The minimum Gasteiger partial charge on any atom is -0.309 e. The Morgan fingerprint density at radius 3 is 1.54 bits per heavy atom. The third-order valence-corrected chi connectivity index (χ3v) is 13.9. The minimum atomic E-state index is -3.70. The summed E-state index contributed by atoms with van der Waals surface area (Å²) in [6.45, 7) is 11.8. The molecule has 2 atom stereocenters. The largest absolute Gasteiger partial charge is 0.399 e. The zero-order valence-corrected chi connectivity index (χ0v) is 19.0. The summed E-state index contributed by atoms with van der Waals surface area (Å²) in [6.07, 6.45) is 0. The molecule has 0 radical (unpaired) electrons. The SMILES string of the molecule is COP1(=O)N=P(NC(C)(C)C)(NC(C)(C)C)N(C)P(=O)(OC)N1C. The molecule has 0 aromatic carbocycles. The van der Waals surface area contributed by atoms with E-state index in [2.05, 4.69) is 14.7 Å². The van der Waals surface area contributed by atoms with Crippen LogP contribution in [-0.2, 0) is 18.2 Å². The fourth-order valence-corrected chi connectivity index (χ4v) is 13.4. The molecule has 0 amide bonds. The Morgan fingerprint density at radius 1 is 0.833 bits per heavy atom. The van der Waals surface area contributed by atoms with E-state index in [9.17, 15) is 9.13 Å². The molecule has 2 unspecified atom stereocenters. The Hall–Kier alpha value is 0.450. The summed E-state index contributed by atoms with van der Waals surface area (Å²) in [6, 6.07) is 0. The zero-order chi connectivity index (χ0) is 19.2. The van der Waals surface area contributed by atoms with E-state index in [1.807, 2.05) is 41.5 Å². The quantitative estimate of drug-likeness (QED) is 0.678. The lowest BCUT2D eigenvalue weighted by molar-refractivity contribution is 0.300. The molecule has 24 heavy (non-hydrogen) atoms. The first-order chi connectivity index (χ1) is 10.6. The van der Waals surface area contributed by atoms with E-state index in [1.165, 1.54) is 21.3 Å². The molecule has 0 saturated heterocycles. The summed E-state index contributed by atoms with van der Waals surface area (Å²) in [5.41, 5.74) is -0.756. The van der Waals surface area contributed by atoms with Crippen LogP contribution in [0.15, 0.2) is 4.52 Å². The number of nitrogens with one attached hydrogen (secondary N) is 2. The Bertz CT molecular complexity index is 605. The van der Waals surface area contributed by atoms with Crippen LogP contribution in [0.2, 0.25) is 0 Å². The highest BCUT2D eigenvalue weighted by Crippen LogP contribution is 2.81. The highest BCUT2D eigenvalue weighted by molar-refractivity contribution is 7.84. The molecule has 0 aromatic heterocycles. The van der Waals surface area contributed by atoms with Gasteiger partial charge in [0.25, 0.3) is 0 Å². The second-order valence-corrected chi connectivity index (χ2v) is 15.8. The zero-order valence-electron chi connectivity index (χ0n) is 16.3. The Morgan fingerprint density at radius 2 is 1.25 bits per heavy atom. The Labute approximate surface area is 146 Å². The third-order valence-electron chi connectivity index (χ3n) is 3.22. The Kier molecular flexibility index (Phi) is 6.45. The first kappa shape index (κ1) is 22.5. The second-order valence-electron chi connectivity index (χ2n) is 7.74. The average Bonchev–Trinajstić information content (AvgIpc) is 2.39. The van der Waals surface area contributed by atoms with Crippen molar-refractivity contribution < 1.29 is 18.2 Å². The van der Waals surface area contributed by atoms with Gasteiger partial charge in [0.05, 0.1) is 0 Å². The van der Waals surface area contributed by atoms with Crippen LogP contribution in [0.25, 0.3) is 0 Å². The van der Waals surface area contributed by atoms with E-state index in [1.54, 1.807) is 11.5 Å². The van der Waals surface area contributed by atoms with Crippen molar-refractivity contribution in [1.82, 2.24) is 19.1 Å². The van der Waals surface area contributed by atoms with Gasteiger partial charge < -0.3 is 9.05 Å². The first-order valence-corrected chi connectivity index (χ1v) is 12.3. The van der Waals surface area contributed by atoms with Gasteiger partial charge in [0.2, 0.25) is 0 Å². The topological polar surface area (TPSA) is 95.5 Å². The van der Waals surface area contributed by atoms with Crippen LogP contribution in [0.1, 0.15) is 41.5 Å². The molecule has 2 N–H and O–H groups in total. The Balaban J connectivity index is 3.79. The molecule has 0 aromatic rings. The number of hydrogen-bond donors (Lipinski definition) is 2. The maximum absolute atomic E-state index is 13.5. The molecule has 144 valence electrons. The molecule has 1 heterocycles. The van der Waals surface area contributed by atoms with Crippen molar-refractivity contribution in [3.63, 3.8) is 0 Å². The van der Waals surface area contributed by atoms with Crippen LogP contribution in [0, 0.1) is 0 Å². The second kappa shape index (κ2) is 6.88. The number of hydrogen-bond acceptors (Lipinski definition) is 6. The normalized spacial score (nSPS) is 32.6. The lowest BCUT2D eigenvalue weighted by atomic mass is 10.1. The van der Waals surface area contributed by atoms with Crippen LogP contribution < -0.4 is 10.2 Å². The van der Waals surface area contributed by atoms with E-state index in [4.69, 9.17) is 9.05 Å². The summed E-state index contributed by atoms with van der Waals surface area (Å²) in [4.78, 5) is 0. The maximum Gasteiger partial charge on any atom is 0.399 e. The molecule has 1 aliphatic rings. The fourth-order valence-electron chi connectivity index (χ4n) is 2.32. The molecule has 0 saturated carbocycles. The molecule has 1 rings (SSSR count). The number of nitrogens with zero attached hydrogens (tertiary/aromatic N) is 3. The van der Waals surface area contributed by atoms with Gasteiger partial charge in [0.15, 0.2) is 7.51 Å². The maximum atomic E-state index is 13.5. The first-order valence-electron chi connectivity index (χ1n) is 7.59. The standard InChI is InChI=1S/C12H32N5O4P3/c1-11(2,3)13-22(14-12(4,5)6)15-23(18,20-9)17(8)24(19,21-10)16(22)7/h13-14H,1-10H3. The molecule has 0 fully saturated rings. The van der Waals surface area contributed by atoms with Gasteiger partial charge in [-0.1, -0.05) is 0 Å². The van der Waals surface area contributed by atoms with Crippen molar-refractivity contribution in [3.8, 4) is 0 Å². The summed E-state index contributed by atoms with van der Waals surface area (Å²) in [7, 11) is -4.46. The van der Waals surface area contributed by atoms with Crippen molar-refractivity contribution in [3.05, 3.63) is 0 Å². The summed E-state index contributed by atoms with van der Waals surface area (Å²) in [5.74, 6) is 0. The van der Waals surface area contributed by atoms with E-state index in [0.717, 1.165) is 4.44 Å². The van der Waals surface area contributed by atoms with Crippen molar-refractivity contribution in [2.24, 2.45) is 4.52 Å². The van der Waals surface area contributed by atoms with Crippen molar-refractivity contribution in [2.45, 2.75) is 52.6 Å².